The number of anilines is 2. The van der Waals surface area contributed by atoms with Gasteiger partial charge in [0.05, 0.1) is 12.2 Å². The van der Waals surface area contributed by atoms with E-state index in [0.29, 0.717) is 40.7 Å². The molecule has 0 radical (unpaired) electrons. The van der Waals surface area contributed by atoms with Crippen LogP contribution in [0.2, 0.25) is 0 Å². The number of hydrogen-bond donors (Lipinski definition) is 1. The monoisotopic (exact) mass is 531 g/mol. The minimum atomic E-state index is -0.193. The van der Waals surface area contributed by atoms with E-state index in [2.05, 4.69) is 10.3 Å². The summed E-state index contributed by atoms with van der Waals surface area (Å²) >= 11 is 1.59. The van der Waals surface area contributed by atoms with Crippen molar-refractivity contribution in [2.24, 2.45) is 0 Å². The van der Waals surface area contributed by atoms with Crippen molar-refractivity contribution in [1.29, 1.82) is 0 Å². The summed E-state index contributed by atoms with van der Waals surface area (Å²) in [7, 11) is 0. The van der Waals surface area contributed by atoms with Gasteiger partial charge in [-0.25, -0.2) is 4.98 Å². The first-order valence-electron chi connectivity index (χ1n) is 12.6. The first-order valence-corrected chi connectivity index (χ1v) is 13.5. The number of aryl methyl sites for hydroxylation is 2. The third kappa shape index (κ3) is 4.69. The van der Waals surface area contributed by atoms with Crippen molar-refractivity contribution in [3.8, 4) is 22.8 Å². The molecule has 6 nitrogen and oxygen atoms in total. The van der Waals surface area contributed by atoms with Crippen LogP contribution < -0.4 is 15.0 Å². The molecule has 39 heavy (non-hydrogen) atoms. The number of para-hydroxylation sites is 2. The number of carbonyl (C=O) groups excluding carboxylic acids is 2. The zero-order valence-electron chi connectivity index (χ0n) is 21.5. The lowest BCUT2D eigenvalue weighted by Crippen LogP contribution is -2.30. The fraction of sp³-hybridized carbons (Fsp3) is 0.0938. The van der Waals surface area contributed by atoms with Crippen LogP contribution in [0.3, 0.4) is 0 Å². The summed E-state index contributed by atoms with van der Waals surface area (Å²) < 4.78 is 6.06. The highest BCUT2D eigenvalue weighted by molar-refractivity contribution is 7.08. The second-order valence-electron chi connectivity index (χ2n) is 9.42. The van der Waals surface area contributed by atoms with Gasteiger partial charge in [0.2, 0.25) is 5.88 Å². The van der Waals surface area contributed by atoms with Gasteiger partial charge in [-0.05, 0) is 89.3 Å². The van der Waals surface area contributed by atoms with Gasteiger partial charge in [0.1, 0.15) is 0 Å². The average Bonchev–Trinajstić information content (AvgIpc) is 3.43. The summed E-state index contributed by atoms with van der Waals surface area (Å²) in [6.07, 6.45) is 1.68. The maximum Gasteiger partial charge on any atom is 0.258 e. The van der Waals surface area contributed by atoms with E-state index >= 15 is 0 Å². The molecular formula is C32H25N3O3S. The molecule has 1 aliphatic rings. The third-order valence-corrected chi connectivity index (χ3v) is 7.52. The molecule has 2 amide bonds. The molecule has 3 heterocycles. The summed E-state index contributed by atoms with van der Waals surface area (Å²) in [5.41, 5.74) is 6.79. The molecule has 3 aromatic carbocycles. The largest absolute Gasteiger partial charge is 0.436 e. The fourth-order valence-corrected chi connectivity index (χ4v) is 5.47. The van der Waals surface area contributed by atoms with Crippen LogP contribution in [0, 0.1) is 13.8 Å². The lowest BCUT2D eigenvalue weighted by atomic mass is 10.00. The van der Waals surface area contributed by atoms with Gasteiger partial charge in [-0.2, -0.15) is 11.3 Å². The van der Waals surface area contributed by atoms with E-state index in [1.165, 1.54) is 0 Å². The van der Waals surface area contributed by atoms with Crippen LogP contribution in [0.25, 0.3) is 11.1 Å². The molecule has 6 rings (SSSR count). The second kappa shape index (κ2) is 10.2. The Kier molecular flexibility index (Phi) is 6.42. The Morgan fingerprint density at radius 2 is 1.74 bits per heavy atom. The topological polar surface area (TPSA) is 71.5 Å². The zero-order chi connectivity index (χ0) is 26.9. The molecule has 0 fully saturated rings. The Morgan fingerprint density at radius 1 is 0.923 bits per heavy atom. The molecule has 1 aliphatic heterocycles. The van der Waals surface area contributed by atoms with Crippen LogP contribution in [-0.2, 0) is 6.54 Å². The Labute approximate surface area is 230 Å². The number of amides is 2. The molecule has 192 valence electrons. The lowest BCUT2D eigenvalue weighted by molar-refractivity contribution is 0.0983. The van der Waals surface area contributed by atoms with Crippen molar-refractivity contribution >= 4 is 34.5 Å². The third-order valence-electron chi connectivity index (χ3n) is 6.84. The van der Waals surface area contributed by atoms with Gasteiger partial charge in [-0.15, -0.1) is 0 Å². The van der Waals surface area contributed by atoms with Crippen molar-refractivity contribution in [2.45, 2.75) is 20.4 Å². The predicted molar refractivity (Wildman–Crippen MR) is 155 cm³/mol. The van der Waals surface area contributed by atoms with Crippen molar-refractivity contribution < 1.29 is 14.3 Å². The van der Waals surface area contributed by atoms with Crippen molar-refractivity contribution in [3.63, 3.8) is 0 Å². The van der Waals surface area contributed by atoms with Crippen LogP contribution in [0.4, 0.5) is 11.4 Å². The number of thiophene rings is 1. The maximum atomic E-state index is 14.0. The maximum absolute atomic E-state index is 14.0. The molecule has 0 saturated heterocycles. The SMILES string of the molecule is Cc1cc(C(=O)N2Cc3cccnc3Oc3ccccc32)c(C)cc1NC(=O)c1ccccc1-c1ccsc1. The summed E-state index contributed by atoms with van der Waals surface area (Å²) in [5, 5.41) is 7.09. The van der Waals surface area contributed by atoms with Crippen LogP contribution in [0.1, 0.15) is 37.4 Å². The van der Waals surface area contributed by atoms with Crippen LogP contribution in [0.5, 0.6) is 11.6 Å². The number of carbonyl (C=O) groups is 2. The number of hydrogen-bond acceptors (Lipinski definition) is 5. The highest BCUT2D eigenvalue weighted by Crippen LogP contribution is 2.39. The first kappa shape index (κ1) is 24.6. The van der Waals surface area contributed by atoms with Gasteiger partial charge in [0.15, 0.2) is 5.75 Å². The Morgan fingerprint density at radius 3 is 2.59 bits per heavy atom. The molecular weight excluding hydrogens is 506 g/mol. The smallest absolute Gasteiger partial charge is 0.258 e. The molecule has 0 atom stereocenters. The van der Waals surface area contributed by atoms with E-state index < -0.39 is 0 Å². The van der Waals surface area contributed by atoms with E-state index in [1.807, 2.05) is 103 Å². The summed E-state index contributed by atoms with van der Waals surface area (Å²) in [6, 6.07) is 24.5. The molecule has 0 unspecified atom stereocenters. The van der Waals surface area contributed by atoms with Crippen LogP contribution >= 0.6 is 11.3 Å². The predicted octanol–water partition coefficient (Wildman–Crippen LogP) is 7.63. The molecule has 0 aliphatic carbocycles. The van der Waals surface area contributed by atoms with E-state index in [9.17, 15) is 9.59 Å². The number of aromatic nitrogens is 1. The zero-order valence-corrected chi connectivity index (χ0v) is 22.3. The van der Waals surface area contributed by atoms with Crippen molar-refractivity contribution in [2.75, 3.05) is 10.2 Å². The number of pyridine rings is 1. The first-order chi connectivity index (χ1) is 19.0. The minimum absolute atomic E-state index is 0.149. The van der Waals surface area contributed by atoms with Gasteiger partial charge in [0, 0.05) is 28.6 Å². The molecule has 7 heteroatoms. The van der Waals surface area contributed by atoms with E-state index in [1.54, 1.807) is 22.4 Å². The standard InChI is InChI=1S/C32H25N3O3S/c1-20-17-27(34-30(36)25-10-4-3-9-24(25)23-13-15-39-19-23)21(2)16-26(20)32(37)35-18-22-8-7-14-33-31(22)38-29-12-6-5-11-28(29)35/h3-17,19H,18H2,1-2H3,(H,34,36). The Hall–Kier alpha value is -4.75. The van der Waals surface area contributed by atoms with Crippen LogP contribution in [-0.4, -0.2) is 16.8 Å². The van der Waals surface area contributed by atoms with Gasteiger partial charge < -0.3 is 15.0 Å². The summed E-state index contributed by atoms with van der Waals surface area (Å²) in [4.78, 5) is 33.4. The molecule has 1 N–H and O–H groups in total. The number of ether oxygens (including phenoxy) is 1. The highest BCUT2D eigenvalue weighted by atomic mass is 32.1. The molecule has 0 spiro atoms. The molecule has 0 bridgehead atoms. The summed E-state index contributed by atoms with van der Waals surface area (Å²) in [6.45, 7) is 4.11. The Bertz CT molecular complexity index is 1710. The fourth-order valence-electron chi connectivity index (χ4n) is 4.81. The van der Waals surface area contributed by atoms with E-state index in [4.69, 9.17) is 4.74 Å². The van der Waals surface area contributed by atoms with E-state index in [0.717, 1.165) is 27.8 Å². The van der Waals surface area contributed by atoms with E-state index in [-0.39, 0.29) is 11.8 Å². The van der Waals surface area contributed by atoms with Gasteiger partial charge >= 0.3 is 0 Å². The molecule has 0 saturated carbocycles. The second-order valence-corrected chi connectivity index (χ2v) is 10.2. The van der Waals surface area contributed by atoms with Crippen molar-refractivity contribution in [3.05, 3.63) is 124 Å². The number of benzene rings is 3. The van der Waals surface area contributed by atoms with Gasteiger partial charge in [0.25, 0.3) is 11.8 Å². The minimum Gasteiger partial charge on any atom is -0.436 e. The highest BCUT2D eigenvalue weighted by Gasteiger charge is 2.28. The number of rotatable bonds is 4. The lowest BCUT2D eigenvalue weighted by Gasteiger charge is -2.23. The summed E-state index contributed by atoms with van der Waals surface area (Å²) in [5.74, 6) is 0.727. The average molecular weight is 532 g/mol. The van der Waals surface area contributed by atoms with Crippen molar-refractivity contribution in [1.82, 2.24) is 4.98 Å². The molecule has 2 aromatic heterocycles. The number of nitrogens with zero attached hydrogens (tertiary/aromatic N) is 2. The Balaban J connectivity index is 1.32. The number of fused-ring (bicyclic) bond motifs is 2. The van der Waals surface area contributed by atoms with Crippen LogP contribution in [0.15, 0.2) is 95.8 Å². The normalized spacial score (nSPS) is 12.1. The number of nitrogens with one attached hydrogen (secondary N) is 1. The quantitative estimate of drug-likeness (QED) is 0.259. The van der Waals surface area contributed by atoms with Gasteiger partial charge in [-0.1, -0.05) is 36.4 Å². The molecule has 5 aromatic rings. The van der Waals surface area contributed by atoms with Gasteiger partial charge in [-0.3, -0.25) is 9.59 Å².